The summed E-state index contributed by atoms with van der Waals surface area (Å²) >= 11 is 0. The van der Waals surface area contributed by atoms with Gasteiger partial charge in [-0.1, -0.05) is 26.0 Å². The molecule has 0 spiro atoms. The van der Waals surface area contributed by atoms with Crippen LogP contribution in [-0.4, -0.2) is 42.7 Å². The Balaban J connectivity index is 3.03. The SMILES string of the molecule is CCN(CC)N(CC)C(=O)c1ccccc1OC. The Bertz CT molecular complexity index is 389. The molecular weight excluding hydrogens is 228 g/mol. The average molecular weight is 250 g/mol. The number of ether oxygens (including phenoxy) is 1. The van der Waals surface area contributed by atoms with Crippen LogP contribution < -0.4 is 4.74 Å². The average Bonchev–Trinajstić information content (AvgIpc) is 2.43. The van der Waals surface area contributed by atoms with E-state index in [0.29, 0.717) is 17.9 Å². The molecule has 1 aromatic carbocycles. The number of benzene rings is 1. The zero-order valence-electron chi connectivity index (χ0n) is 11.6. The lowest BCUT2D eigenvalue weighted by Crippen LogP contribution is -2.46. The third kappa shape index (κ3) is 3.01. The van der Waals surface area contributed by atoms with Gasteiger partial charge in [-0.05, 0) is 19.1 Å². The molecule has 0 atom stereocenters. The van der Waals surface area contributed by atoms with Crippen LogP contribution >= 0.6 is 0 Å². The van der Waals surface area contributed by atoms with E-state index < -0.39 is 0 Å². The van der Waals surface area contributed by atoms with Crippen molar-refractivity contribution in [2.45, 2.75) is 20.8 Å². The summed E-state index contributed by atoms with van der Waals surface area (Å²) in [5, 5.41) is 3.78. The topological polar surface area (TPSA) is 32.8 Å². The van der Waals surface area contributed by atoms with Crippen molar-refractivity contribution in [2.75, 3.05) is 26.7 Å². The molecular formula is C14H22N2O2. The molecule has 0 radical (unpaired) electrons. The Labute approximate surface area is 109 Å². The predicted molar refractivity (Wildman–Crippen MR) is 72.6 cm³/mol. The lowest BCUT2D eigenvalue weighted by atomic mass is 10.2. The fourth-order valence-electron chi connectivity index (χ4n) is 2.00. The molecule has 0 bridgehead atoms. The first-order valence-corrected chi connectivity index (χ1v) is 6.39. The minimum absolute atomic E-state index is 0.0151. The molecule has 0 heterocycles. The standard InChI is InChI=1S/C14H22N2O2/c1-5-15(6-2)16(7-3)14(17)12-10-8-9-11-13(12)18-4/h8-11H,5-7H2,1-4H3. The minimum Gasteiger partial charge on any atom is -0.496 e. The number of carbonyl (C=O) groups excluding carboxylic acids is 1. The second-order valence-electron chi connectivity index (χ2n) is 3.86. The highest BCUT2D eigenvalue weighted by molar-refractivity contribution is 5.96. The molecule has 0 N–H and O–H groups in total. The number of rotatable bonds is 6. The van der Waals surface area contributed by atoms with Gasteiger partial charge < -0.3 is 4.74 Å². The Morgan fingerprint density at radius 3 is 2.22 bits per heavy atom. The van der Waals surface area contributed by atoms with Crippen LogP contribution in [0.4, 0.5) is 0 Å². The number of hydrogen-bond donors (Lipinski definition) is 0. The first-order chi connectivity index (χ1) is 8.69. The van der Waals surface area contributed by atoms with Crippen LogP contribution in [0.5, 0.6) is 5.75 Å². The lowest BCUT2D eigenvalue weighted by Gasteiger charge is -2.32. The van der Waals surface area contributed by atoms with Gasteiger partial charge in [0.05, 0.1) is 12.7 Å². The quantitative estimate of drug-likeness (QED) is 0.727. The van der Waals surface area contributed by atoms with Crippen molar-refractivity contribution in [2.24, 2.45) is 0 Å². The van der Waals surface area contributed by atoms with E-state index in [1.165, 1.54) is 0 Å². The highest BCUT2D eigenvalue weighted by atomic mass is 16.5. The summed E-state index contributed by atoms with van der Waals surface area (Å²) in [4.78, 5) is 12.5. The normalized spacial score (nSPS) is 10.5. The first-order valence-electron chi connectivity index (χ1n) is 6.39. The van der Waals surface area contributed by atoms with Crippen molar-refractivity contribution in [3.8, 4) is 5.75 Å². The van der Waals surface area contributed by atoms with E-state index in [9.17, 15) is 4.79 Å². The van der Waals surface area contributed by atoms with E-state index in [0.717, 1.165) is 13.1 Å². The number of amides is 1. The van der Waals surface area contributed by atoms with Gasteiger partial charge in [-0.2, -0.15) is 0 Å². The molecule has 4 heteroatoms. The monoisotopic (exact) mass is 250 g/mol. The van der Waals surface area contributed by atoms with Crippen molar-refractivity contribution in [3.05, 3.63) is 29.8 Å². The highest BCUT2D eigenvalue weighted by Crippen LogP contribution is 2.20. The number of carbonyl (C=O) groups is 1. The second kappa shape index (κ2) is 7.01. The third-order valence-electron chi connectivity index (χ3n) is 2.94. The first kappa shape index (κ1) is 14.5. The number of hydrazine groups is 1. The molecule has 1 aromatic rings. The number of hydrogen-bond acceptors (Lipinski definition) is 3. The van der Waals surface area contributed by atoms with E-state index >= 15 is 0 Å². The molecule has 0 aromatic heterocycles. The maximum absolute atomic E-state index is 12.5. The van der Waals surface area contributed by atoms with Crippen LogP contribution in [0, 0.1) is 0 Å². The van der Waals surface area contributed by atoms with Gasteiger partial charge in [-0.3, -0.25) is 9.80 Å². The van der Waals surface area contributed by atoms with E-state index in [-0.39, 0.29) is 5.91 Å². The van der Waals surface area contributed by atoms with Crippen LogP contribution in [0.3, 0.4) is 0 Å². The van der Waals surface area contributed by atoms with Gasteiger partial charge in [-0.25, -0.2) is 5.01 Å². The minimum atomic E-state index is -0.0151. The molecule has 0 aliphatic rings. The highest BCUT2D eigenvalue weighted by Gasteiger charge is 2.21. The van der Waals surface area contributed by atoms with Crippen molar-refractivity contribution < 1.29 is 9.53 Å². The molecule has 4 nitrogen and oxygen atoms in total. The molecule has 1 amide bonds. The van der Waals surface area contributed by atoms with Gasteiger partial charge in [0.1, 0.15) is 5.75 Å². The lowest BCUT2D eigenvalue weighted by molar-refractivity contribution is -0.00137. The Hall–Kier alpha value is -1.55. The van der Waals surface area contributed by atoms with Crippen LogP contribution in [-0.2, 0) is 0 Å². The largest absolute Gasteiger partial charge is 0.496 e. The molecule has 0 aliphatic heterocycles. The van der Waals surface area contributed by atoms with Gasteiger partial charge in [0.25, 0.3) is 5.91 Å². The summed E-state index contributed by atoms with van der Waals surface area (Å²) in [5.74, 6) is 0.603. The van der Waals surface area contributed by atoms with E-state index in [2.05, 4.69) is 0 Å². The summed E-state index contributed by atoms with van der Waals surface area (Å²) in [6.45, 7) is 8.34. The number of methoxy groups -OCH3 is 1. The fraction of sp³-hybridized carbons (Fsp3) is 0.500. The Morgan fingerprint density at radius 2 is 1.72 bits per heavy atom. The Kier molecular flexibility index (Phi) is 5.65. The van der Waals surface area contributed by atoms with Gasteiger partial charge >= 0.3 is 0 Å². The molecule has 18 heavy (non-hydrogen) atoms. The maximum Gasteiger partial charge on any atom is 0.271 e. The van der Waals surface area contributed by atoms with Gasteiger partial charge in [0.2, 0.25) is 0 Å². The molecule has 0 aliphatic carbocycles. The van der Waals surface area contributed by atoms with E-state index in [1.54, 1.807) is 18.2 Å². The van der Waals surface area contributed by atoms with Crippen molar-refractivity contribution in [3.63, 3.8) is 0 Å². The molecule has 0 unspecified atom stereocenters. The van der Waals surface area contributed by atoms with Gasteiger partial charge in [-0.15, -0.1) is 0 Å². The van der Waals surface area contributed by atoms with Gasteiger partial charge in [0.15, 0.2) is 0 Å². The fourth-order valence-corrected chi connectivity index (χ4v) is 2.00. The molecule has 100 valence electrons. The maximum atomic E-state index is 12.5. The predicted octanol–water partition coefficient (Wildman–Crippen LogP) is 2.41. The third-order valence-corrected chi connectivity index (χ3v) is 2.94. The summed E-state index contributed by atoms with van der Waals surface area (Å²) in [6.07, 6.45) is 0. The van der Waals surface area contributed by atoms with Crippen LogP contribution in [0.1, 0.15) is 31.1 Å². The van der Waals surface area contributed by atoms with E-state index in [1.807, 2.05) is 44.0 Å². The summed E-state index contributed by atoms with van der Waals surface area (Å²) < 4.78 is 5.24. The zero-order valence-corrected chi connectivity index (χ0v) is 11.6. The van der Waals surface area contributed by atoms with Crippen molar-refractivity contribution >= 4 is 5.91 Å². The van der Waals surface area contributed by atoms with Crippen LogP contribution in [0.25, 0.3) is 0 Å². The summed E-state index contributed by atoms with van der Waals surface area (Å²) in [7, 11) is 1.58. The van der Waals surface area contributed by atoms with Crippen molar-refractivity contribution in [1.29, 1.82) is 0 Å². The van der Waals surface area contributed by atoms with Crippen LogP contribution in [0.15, 0.2) is 24.3 Å². The summed E-state index contributed by atoms with van der Waals surface area (Å²) in [6, 6.07) is 7.33. The van der Waals surface area contributed by atoms with Gasteiger partial charge in [0, 0.05) is 19.6 Å². The number of nitrogens with zero attached hydrogens (tertiary/aromatic N) is 2. The molecule has 0 fully saturated rings. The van der Waals surface area contributed by atoms with Crippen LogP contribution in [0.2, 0.25) is 0 Å². The molecule has 0 saturated carbocycles. The summed E-state index contributed by atoms with van der Waals surface area (Å²) in [5.41, 5.74) is 0.605. The van der Waals surface area contributed by atoms with E-state index in [4.69, 9.17) is 4.74 Å². The second-order valence-corrected chi connectivity index (χ2v) is 3.86. The Morgan fingerprint density at radius 1 is 1.11 bits per heavy atom. The van der Waals surface area contributed by atoms with Crippen molar-refractivity contribution in [1.82, 2.24) is 10.0 Å². The number of para-hydroxylation sites is 1. The zero-order chi connectivity index (χ0) is 13.5. The molecule has 1 rings (SSSR count). The molecule has 0 saturated heterocycles. The smallest absolute Gasteiger partial charge is 0.271 e.